The number of nitrogens with zero attached hydrogens (tertiary/aromatic N) is 2. The van der Waals surface area contributed by atoms with E-state index in [4.69, 9.17) is 4.74 Å². The summed E-state index contributed by atoms with van der Waals surface area (Å²) in [5, 5.41) is 6.58. The van der Waals surface area contributed by atoms with Crippen molar-refractivity contribution >= 4 is 11.6 Å². The smallest absolute Gasteiger partial charge is 0.134 e. The summed E-state index contributed by atoms with van der Waals surface area (Å²) in [5.74, 6) is 2.49. The summed E-state index contributed by atoms with van der Waals surface area (Å²) in [7, 11) is 1.90. The Morgan fingerprint density at radius 2 is 2.22 bits per heavy atom. The molecule has 1 fully saturated rings. The van der Waals surface area contributed by atoms with E-state index in [1.807, 2.05) is 7.05 Å². The molecule has 5 nitrogen and oxygen atoms in total. The highest BCUT2D eigenvalue weighted by molar-refractivity contribution is 5.57. The van der Waals surface area contributed by atoms with Gasteiger partial charge in [-0.2, -0.15) is 0 Å². The van der Waals surface area contributed by atoms with Crippen molar-refractivity contribution in [3.63, 3.8) is 0 Å². The van der Waals surface area contributed by atoms with E-state index in [2.05, 4.69) is 27.5 Å². The molecule has 2 heterocycles. The minimum Gasteiger partial charge on any atom is -0.381 e. The van der Waals surface area contributed by atoms with E-state index in [-0.39, 0.29) is 0 Å². The van der Waals surface area contributed by atoms with Gasteiger partial charge in [0.25, 0.3) is 0 Å². The zero-order chi connectivity index (χ0) is 12.8. The molecule has 1 aromatic heterocycles. The number of rotatable bonds is 6. The van der Waals surface area contributed by atoms with Crippen molar-refractivity contribution in [3.8, 4) is 0 Å². The Morgan fingerprint density at radius 1 is 1.39 bits per heavy atom. The van der Waals surface area contributed by atoms with Crippen LogP contribution in [-0.2, 0) is 11.2 Å². The van der Waals surface area contributed by atoms with Crippen LogP contribution in [-0.4, -0.2) is 36.8 Å². The van der Waals surface area contributed by atoms with Crippen molar-refractivity contribution in [2.24, 2.45) is 5.92 Å². The lowest BCUT2D eigenvalue weighted by Crippen LogP contribution is -2.16. The van der Waals surface area contributed by atoms with Crippen molar-refractivity contribution < 1.29 is 4.74 Å². The Labute approximate surface area is 108 Å². The number of anilines is 2. The van der Waals surface area contributed by atoms with Gasteiger partial charge in [-0.15, -0.1) is 0 Å². The number of hydrogen-bond donors (Lipinski definition) is 2. The molecule has 0 radical (unpaired) electrons. The Morgan fingerprint density at radius 3 is 2.89 bits per heavy atom. The molecular formula is C13H22N4O. The summed E-state index contributed by atoms with van der Waals surface area (Å²) in [6, 6.07) is 0. The van der Waals surface area contributed by atoms with Crippen molar-refractivity contribution in [1.82, 2.24) is 9.97 Å². The zero-order valence-electron chi connectivity index (χ0n) is 11.2. The van der Waals surface area contributed by atoms with Crippen molar-refractivity contribution in [1.29, 1.82) is 0 Å². The molecule has 0 aliphatic carbocycles. The van der Waals surface area contributed by atoms with Gasteiger partial charge in [0.1, 0.15) is 18.0 Å². The summed E-state index contributed by atoms with van der Waals surface area (Å²) in [5.41, 5.74) is 1.18. The van der Waals surface area contributed by atoms with Gasteiger partial charge in [-0.25, -0.2) is 9.97 Å². The largest absolute Gasteiger partial charge is 0.381 e. The molecule has 1 saturated heterocycles. The third-order valence-corrected chi connectivity index (χ3v) is 3.26. The Hall–Kier alpha value is -1.36. The fourth-order valence-corrected chi connectivity index (χ4v) is 2.25. The van der Waals surface area contributed by atoms with Crippen molar-refractivity contribution in [2.45, 2.75) is 26.2 Å². The molecule has 2 rings (SSSR count). The predicted octanol–water partition coefficient (Wildman–Crippen LogP) is 1.92. The second-order valence-electron chi connectivity index (χ2n) is 4.66. The molecule has 2 N–H and O–H groups in total. The predicted molar refractivity (Wildman–Crippen MR) is 73.0 cm³/mol. The van der Waals surface area contributed by atoms with Crippen LogP contribution in [0.15, 0.2) is 6.33 Å². The van der Waals surface area contributed by atoms with E-state index in [0.717, 1.165) is 50.7 Å². The quantitative estimate of drug-likeness (QED) is 0.807. The molecule has 5 heteroatoms. The van der Waals surface area contributed by atoms with Crippen LogP contribution in [0.4, 0.5) is 11.6 Å². The van der Waals surface area contributed by atoms with Gasteiger partial charge in [-0.1, -0.05) is 13.3 Å². The lowest BCUT2D eigenvalue weighted by Gasteiger charge is -2.15. The maximum atomic E-state index is 5.38. The first-order valence-electron chi connectivity index (χ1n) is 6.68. The van der Waals surface area contributed by atoms with Crippen LogP contribution in [0.2, 0.25) is 0 Å². The van der Waals surface area contributed by atoms with Crippen LogP contribution < -0.4 is 10.6 Å². The van der Waals surface area contributed by atoms with Crippen LogP contribution in [0.5, 0.6) is 0 Å². The molecule has 0 spiro atoms. The van der Waals surface area contributed by atoms with Gasteiger partial charge in [0.05, 0.1) is 6.61 Å². The molecule has 0 aromatic carbocycles. The monoisotopic (exact) mass is 250 g/mol. The lowest BCUT2D eigenvalue weighted by molar-refractivity contribution is 0.187. The number of nitrogens with one attached hydrogen (secondary N) is 2. The van der Waals surface area contributed by atoms with Gasteiger partial charge in [-0.3, -0.25) is 0 Å². The van der Waals surface area contributed by atoms with Crippen molar-refractivity contribution in [3.05, 3.63) is 11.9 Å². The third-order valence-electron chi connectivity index (χ3n) is 3.26. The standard InChI is InChI=1S/C13H22N4O/c1-3-4-11-12(14-2)16-9-17-13(11)15-7-10-5-6-18-8-10/h9-10H,3-8H2,1-2H3,(H2,14,15,16,17). The van der Waals surface area contributed by atoms with Crippen LogP contribution in [0, 0.1) is 5.92 Å². The fraction of sp³-hybridized carbons (Fsp3) is 0.692. The molecule has 0 bridgehead atoms. The zero-order valence-corrected chi connectivity index (χ0v) is 11.2. The summed E-state index contributed by atoms with van der Waals surface area (Å²) >= 11 is 0. The summed E-state index contributed by atoms with van der Waals surface area (Å²) in [4.78, 5) is 8.63. The highest BCUT2D eigenvalue weighted by atomic mass is 16.5. The molecule has 1 aromatic rings. The van der Waals surface area contributed by atoms with Crippen LogP contribution in [0.25, 0.3) is 0 Å². The highest BCUT2D eigenvalue weighted by Crippen LogP contribution is 2.22. The molecular weight excluding hydrogens is 228 g/mol. The van der Waals surface area contributed by atoms with Gasteiger partial charge in [0, 0.05) is 31.7 Å². The molecule has 100 valence electrons. The normalized spacial score (nSPS) is 18.9. The number of ether oxygens (including phenoxy) is 1. The van der Waals surface area contributed by atoms with E-state index < -0.39 is 0 Å². The minimum atomic E-state index is 0.604. The summed E-state index contributed by atoms with van der Waals surface area (Å²) < 4.78 is 5.38. The van der Waals surface area contributed by atoms with Crippen molar-refractivity contribution in [2.75, 3.05) is 37.4 Å². The van der Waals surface area contributed by atoms with Gasteiger partial charge < -0.3 is 15.4 Å². The topological polar surface area (TPSA) is 59.1 Å². The minimum absolute atomic E-state index is 0.604. The van der Waals surface area contributed by atoms with Crippen LogP contribution in [0.1, 0.15) is 25.3 Å². The third kappa shape index (κ3) is 3.10. The number of aromatic nitrogens is 2. The Kier molecular flexibility index (Phi) is 4.75. The van der Waals surface area contributed by atoms with Crippen LogP contribution in [0.3, 0.4) is 0 Å². The first kappa shape index (κ1) is 13.1. The first-order chi connectivity index (χ1) is 8.85. The van der Waals surface area contributed by atoms with Gasteiger partial charge in [-0.05, 0) is 12.8 Å². The molecule has 1 aliphatic rings. The van der Waals surface area contributed by atoms with Crippen LogP contribution >= 0.6 is 0 Å². The first-order valence-corrected chi connectivity index (χ1v) is 6.68. The van der Waals surface area contributed by atoms with Gasteiger partial charge >= 0.3 is 0 Å². The maximum absolute atomic E-state index is 5.38. The van der Waals surface area contributed by atoms with Gasteiger partial charge in [0.15, 0.2) is 0 Å². The average Bonchev–Trinajstić information content (AvgIpc) is 2.91. The average molecular weight is 250 g/mol. The Balaban J connectivity index is 2.05. The Bertz CT molecular complexity index is 377. The van der Waals surface area contributed by atoms with E-state index in [1.54, 1.807) is 6.33 Å². The number of hydrogen-bond acceptors (Lipinski definition) is 5. The van der Waals surface area contributed by atoms with Gasteiger partial charge in [0.2, 0.25) is 0 Å². The highest BCUT2D eigenvalue weighted by Gasteiger charge is 2.16. The lowest BCUT2D eigenvalue weighted by atomic mass is 10.1. The molecule has 1 aliphatic heterocycles. The summed E-state index contributed by atoms with van der Waals surface area (Å²) in [6.07, 6.45) is 4.82. The molecule has 18 heavy (non-hydrogen) atoms. The second kappa shape index (κ2) is 6.54. The molecule has 1 unspecified atom stereocenters. The maximum Gasteiger partial charge on any atom is 0.134 e. The molecule has 0 amide bonds. The van der Waals surface area contributed by atoms with E-state index in [9.17, 15) is 0 Å². The van der Waals surface area contributed by atoms with E-state index >= 15 is 0 Å². The fourth-order valence-electron chi connectivity index (χ4n) is 2.25. The van der Waals surface area contributed by atoms with E-state index in [1.165, 1.54) is 5.56 Å². The van der Waals surface area contributed by atoms with E-state index in [0.29, 0.717) is 5.92 Å². The molecule has 0 saturated carbocycles. The molecule has 1 atom stereocenters. The summed E-state index contributed by atoms with van der Waals surface area (Å²) in [6.45, 7) is 4.84. The second-order valence-corrected chi connectivity index (χ2v) is 4.66. The SMILES string of the molecule is CCCc1c(NC)ncnc1NCC1CCOC1.